The smallest absolute Gasteiger partial charge is 0.245 e. The maximum Gasteiger partial charge on any atom is 0.245 e. The molecule has 0 aliphatic heterocycles. The Hall–Kier alpha value is -3.51. The molecule has 0 unspecified atom stereocenters. The van der Waals surface area contributed by atoms with E-state index < -0.39 is 48.5 Å². The molecule has 12 heteroatoms. The van der Waals surface area contributed by atoms with E-state index in [-0.39, 0.29) is 30.0 Å². The topological polar surface area (TPSA) is 215 Å². The molecule has 1 aromatic carbocycles. The van der Waals surface area contributed by atoms with Gasteiger partial charge in [0.1, 0.15) is 12.1 Å². The zero-order valence-electron chi connectivity index (χ0n) is 22.6. The molecule has 0 heterocycles. The van der Waals surface area contributed by atoms with Crippen LogP contribution in [0.3, 0.4) is 0 Å². The van der Waals surface area contributed by atoms with Gasteiger partial charge >= 0.3 is 0 Å². The number of aliphatic hydroxyl groups is 1. The third kappa shape index (κ3) is 11.3. The zero-order chi connectivity index (χ0) is 28.8. The van der Waals surface area contributed by atoms with Crippen molar-refractivity contribution in [1.82, 2.24) is 16.0 Å². The lowest BCUT2D eigenvalue weighted by molar-refractivity contribution is -0.135. The van der Waals surface area contributed by atoms with Gasteiger partial charge in [-0.25, -0.2) is 0 Å². The van der Waals surface area contributed by atoms with Gasteiger partial charge < -0.3 is 38.3 Å². The number of rotatable bonds is 16. The molecule has 0 fully saturated rings. The molecular formula is C26H43N7O5. The lowest BCUT2D eigenvalue weighted by atomic mass is 9.95. The first-order chi connectivity index (χ1) is 17.9. The molecule has 0 radical (unpaired) electrons. The number of carbonyl (C=O) groups is 4. The Labute approximate surface area is 224 Å². The fraction of sp³-hybridized carbons (Fsp3) is 0.577. The number of nitrogens with one attached hydrogen (secondary N) is 3. The fourth-order valence-electron chi connectivity index (χ4n) is 3.65. The highest BCUT2D eigenvalue weighted by molar-refractivity contribution is 5.95. The summed E-state index contributed by atoms with van der Waals surface area (Å²) in [5, 5.41) is 17.6. The minimum Gasteiger partial charge on any atom is -0.394 e. The SMILES string of the molecule is CC(C)C(=O)[C@H](Cc1ccccc1)NC(=O)[C@H](CO)NC(=O)[C@@H](NC(=O)[C@@H](N)CCCN=C(N)N)C(C)C. The first-order valence-corrected chi connectivity index (χ1v) is 12.8. The Morgan fingerprint density at radius 3 is 2.03 bits per heavy atom. The largest absolute Gasteiger partial charge is 0.394 e. The molecule has 0 aliphatic carbocycles. The van der Waals surface area contributed by atoms with Gasteiger partial charge in [0.05, 0.1) is 18.7 Å². The number of benzene rings is 1. The van der Waals surface area contributed by atoms with E-state index in [1.807, 2.05) is 30.3 Å². The highest BCUT2D eigenvalue weighted by atomic mass is 16.3. The summed E-state index contributed by atoms with van der Waals surface area (Å²) in [4.78, 5) is 55.2. The Bertz CT molecular complexity index is 949. The van der Waals surface area contributed by atoms with Crippen LogP contribution in [0, 0.1) is 11.8 Å². The molecule has 1 rings (SSSR count). The molecule has 0 saturated carbocycles. The van der Waals surface area contributed by atoms with E-state index in [1.54, 1.807) is 27.7 Å². The van der Waals surface area contributed by atoms with Crippen molar-refractivity contribution in [1.29, 1.82) is 0 Å². The number of hydrogen-bond acceptors (Lipinski definition) is 7. The molecule has 0 bridgehead atoms. The number of ketones is 1. The summed E-state index contributed by atoms with van der Waals surface area (Å²) in [6.45, 7) is 6.53. The molecule has 3 amide bonds. The number of amides is 3. The molecule has 12 nitrogen and oxygen atoms in total. The summed E-state index contributed by atoms with van der Waals surface area (Å²) in [6.07, 6.45) is 1.03. The predicted octanol–water partition coefficient (Wildman–Crippen LogP) is -1.06. The van der Waals surface area contributed by atoms with E-state index in [9.17, 15) is 24.3 Å². The first kappa shape index (κ1) is 32.5. The van der Waals surface area contributed by atoms with Crippen LogP contribution in [0.25, 0.3) is 0 Å². The minimum atomic E-state index is -1.33. The molecule has 4 atom stereocenters. The fourth-order valence-corrected chi connectivity index (χ4v) is 3.65. The standard InChI is InChI=1S/C26H43N7O5/c1-15(2)21(33-23(36)18(27)11-8-12-30-26(28)29)25(38)32-20(14-34)24(37)31-19(22(35)16(3)4)13-17-9-6-5-7-10-17/h5-7,9-10,15-16,18-21,34H,8,11-14,27H2,1-4H3,(H,31,37)(H,32,38)(H,33,36)(H4,28,29,30)/t18-,19-,20-,21-/m0/s1. The van der Waals surface area contributed by atoms with Crippen LogP contribution in [0.4, 0.5) is 0 Å². The van der Waals surface area contributed by atoms with Crippen molar-refractivity contribution in [3.8, 4) is 0 Å². The van der Waals surface area contributed by atoms with Crippen molar-refractivity contribution in [2.45, 2.75) is 71.1 Å². The number of hydrogen-bond donors (Lipinski definition) is 7. The quantitative estimate of drug-likeness (QED) is 0.0787. The van der Waals surface area contributed by atoms with Crippen molar-refractivity contribution < 1.29 is 24.3 Å². The van der Waals surface area contributed by atoms with Crippen LogP contribution in [0.2, 0.25) is 0 Å². The van der Waals surface area contributed by atoms with Crippen molar-refractivity contribution in [2.24, 2.45) is 34.0 Å². The van der Waals surface area contributed by atoms with Crippen molar-refractivity contribution in [2.75, 3.05) is 13.2 Å². The Morgan fingerprint density at radius 2 is 1.50 bits per heavy atom. The monoisotopic (exact) mass is 533 g/mol. The summed E-state index contributed by atoms with van der Waals surface area (Å²) in [5.41, 5.74) is 17.3. The second-order valence-electron chi connectivity index (χ2n) is 9.84. The molecule has 1 aromatic rings. The zero-order valence-corrected chi connectivity index (χ0v) is 22.6. The van der Waals surface area contributed by atoms with Crippen LogP contribution < -0.4 is 33.2 Å². The van der Waals surface area contributed by atoms with E-state index in [0.717, 1.165) is 5.56 Å². The Morgan fingerprint density at radius 1 is 0.895 bits per heavy atom. The molecule has 0 saturated heterocycles. The molecule has 0 spiro atoms. The van der Waals surface area contributed by atoms with Gasteiger partial charge in [0.25, 0.3) is 0 Å². The van der Waals surface area contributed by atoms with Crippen LogP contribution in [-0.4, -0.2) is 71.9 Å². The Balaban J connectivity index is 2.85. The number of carbonyl (C=O) groups excluding carboxylic acids is 4. The second-order valence-corrected chi connectivity index (χ2v) is 9.84. The minimum absolute atomic E-state index is 0.0537. The van der Waals surface area contributed by atoms with Gasteiger partial charge in [-0.3, -0.25) is 24.2 Å². The summed E-state index contributed by atoms with van der Waals surface area (Å²) in [7, 11) is 0. The summed E-state index contributed by atoms with van der Waals surface area (Å²) < 4.78 is 0. The van der Waals surface area contributed by atoms with Crippen molar-refractivity contribution in [3.63, 3.8) is 0 Å². The number of guanidine groups is 1. The normalized spacial score (nSPS) is 14.2. The van der Waals surface area contributed by atoms with Crippen LogP contribution in [-0.2, 0) is 25.6 Å². The molecular weight excluding hydrogens is 490 g/mol. The summed E-state index contributed by atoms with van der Waals surface area (Å²) >= 11 is 0. The van der Waals surface area contributed by atoms with Crippen molar-refractivity contribution >= 4 is 29.5 Å². The van der Waals surface area contributed by atoms with Crippen LogP contribution in [0.1, 0.15) is 46.1 Å². The van der Waals surface area contributed by atoms with E-state index in [0.29, 0.717) is 19.4 Å². The highest BCUT2D eigenvalue weighted by Gasteiger charge is 2.32. The highest BCUT2D eigenvalue weighted by Crippen LogP contribution is 2.09. The van der Waals surface area contributed by atoms with Gasteiger partial charge in [-0.15, -0.1) is 0 Å². The van der Waals surface area contributed by atoms with Gasteiger partial charge in [-0.1, -0.05) is 58.0 Å². The molecule has 0 aromatic heterocycles. The lowest BCUT2D eigenvalue weighted by Gasteiger charge is -2.27. The average Bonchev–Trinajstić information content (AvgIpc) is 2.87. The number of aliphatic hydroxyl groups excluding tert-OH is 1. The third-order valence-corrected chi connectivity index (χ3v) is 5.88. The van der Waals surface area contributed by atoms with Gasteiger partial charge in [0, 0.05) is 12.5 Å². The third-order valence-electron chi connectivity index (χ3n) is 5.88. The number of aliphatic imine (C=N–C) groups is 1. The second kappa shape index (κ2) is 16.4. The molecule has 10 N–H and O–H groups in total. The predicted molar refractivity (Wildman–Crippen MR) is 146 cm³/mol. The van der Waals surface area contributed by atoms with Gasteiger partial charge in [-0.05, 0) is 30.7 Å². The van der Waals surface area contributed by atoms with E-state index >= 15 is 0 Å². The van der Waals surface area contributed by atoms with Gasteiger partial charge in [-0.2, -0.15) is 0 Å². The summed E-state index contributed by atoms with van der Waals surface area (Å²) in [5.74, 6) is -2.82. The van der Waals surface area contributed by atoms with Crippen LogP contribution in [0.15, 0.2) is 35.3 Å². The number of nitrogens with zero attached hydrogens (tertiary/aromatic N) is 1. The van der Waals surface area contributed by atoms with Gasteiger partial charge in [0.2, 0.25) is 17.7 Å². The summed E-state index contributed by atoms with van der Waals surface area (Å²) in [6, 6.07) is 5.14. The first-order valence-electron chi connectivity index (χ1n) is 12.8. The number of Topliss-reactive ketones (excluding diaryl/α,β-unsaturated/α-hetero) is 1. The van der Waals surface area contributed by atoms with Crippen LogP contribution in [0.5, 0.6) is 0 Å². The van der Waals surface area contributed by atoms with E-state index in [2.05, 4.69) is 20.9 Å². The van der Waals surface area contributed by atoms with Crippen molar-refractivity contribution in [3.05, 3.63) is 35.9 Å². The molecule has 212 valence electrons. The maximum absolute atomic E-state index is 13.0. The van der Waals surface area contributed by atoms with E-state index in [1.165, 1.54) is 0 Å². The number of nitrogens with two attached hydrogens (primary N) is 3. The molecule has 38 heavy (non-hydrogen) atoms. The van der Waals surface area contributed by atoms with Gasteiger partial charge in [0.15, 0.2) is 11.7 Å². The van der Waals surface area contributed by atoms with Crippen LogP contribution >= 0.6 is 0 Å². The lowest BCUT2D eigenvalue weighted by Crippen LogP contribution is -2.59. The van der Waals surface area contributed by atoms with E-state index in [4.69, 9.17) is 17.2 Å². The maximum atomic E-state index is 13.0. The molecule has 0 aliphatic rings. The Kier molecular flexibility index (Phi) is 14.0. The average molecular weight is 534 g/mol.